The molecule has 0 spiro atoms. The maximum atomic E-state index is 12.7. The molecular formula is C23H31NO5. The van der Waals surface area contributed by atoms with E-state index in [1.807, 2.05) is 38.1 Å². The largest absolute Gasteiger partial charge is 0.487 e. The third kappa shape index (κ3) is 5.52. The number of hydrogen-bond donors (Lipinski definition) is 0. The Kier molecular flexibility index (Phi) is 7.18. The highest BCUT2D eigenvalue weighted by Gasteiger charge is 2.36. The van der Waals surface area contributed by atoms with Crippen LogP contribution in [0, 0.1) is 5.92 Å². The molecule has 1 fully saturated rings. The van der Waals surface area contributed by atoms with E-state index in [1.54, 1.807) is 4.90 Å². The minimum absolute atomic E-state index is 0.00892. The first kappa shape index (κ1) is 21.2. The molecule has 6 heteroatoms. The van der Waals surface area contributed by atoms with Crippen LogP contribution in [-0.4, -0.2) is 42.6 Å². The van der Waals surface area contributed by atoms with E-state index in [0.717, 1.165) is 12.8 Å². The van der Waals surface area contributed by atoms with Crippen molar-refractivity contribution in [3.8, 4) is 11.5 Å². The van der Waals surface area contributed by atoms with E-state index in [2.05, 4.69) is 0 Å². The fourth-order valence-corrected chi connectivity index (χ4v) is 4.09. The molecule has 1 aromatic rings. The monoisotopic (exact) mass is 401 g/mol. The second-order valence-electron chi connectivity index (χ2n) is 8.07. The van der Waals surface area contributed by atoms with Gasteiger partial charge in [0.2, 0.25) is 0 Å². The van der Waals surface area contributed by atoms with Gasteiger partial charge in [-0.2, -0.15) is 0 Å². The maximum absolute atomic E-state index is 12.7. The molecule has 6 nitrogen and oxygen atoms in total. The first-order chi connectivity index (χ1) is 14.0. The molecular weight excluding hydrogens is 370 g/mol. The van der Waals surface area contributed by atoms with E-state index in [4.69, 9.17) is 14.2 Å². The van der Waals surface area contributed by atoms with Crippen molar-refractivity contribution in [1.29, 1.82) is 0 Å². The smallest absolute Gasteiger partial charge is 0.328 e. The van der Waals surface area contributed by atoms with E-state index in [1.165, 1.54) is 32.4 Å². The van der Waals surface area contributed by atoms with Gasteiger partial charge in [0.15, 0.2) is 11.5 Å². The number of esters is 1. The van der Waals surface area contributed by atoms with Crippen molar-refractivity contribution in [1.82, 2.24) is 4.90 Å². The summed E-state index contributed by atoms with van der Waals surface area (Å²) in [6, 6.07) is 6.81. The lowest BCUT2D eigenvalue weighted by Gasteiger charge is -2.30. The first-order valence-electron chi connectivity index (χ1n) is 10.5. The van der Waals surface area contributed by atoms with Crippen molar-refractivity contribution < 1.29 is 23.8 Å². The summed E-state index contributed by atoms with van der Waals surface area (Å²) < 4.78 is 16.8. The number of rotatable bonds is 8. The van der Waals surface area contributed by atoms with Crippen LogP contribution in [0.1, 0.15) is 52.4 Å². The van der Waals surface area contributed by atoms with Gasteiger partial charge in [-0.1, -0.05) is 44.2 Å². The van der Waals surface area contributed by atoms with E-state index < -0.39 is 6.04 Å². The minimum Gasteiger partial charge on any atom is -0.487 e. The molecule has 0 unspecified atom stereocenters. The van der Waals surface area contributed by atoms with Gasteiger partial charge in [0.25, 0.3) is 5.91 Å². The van der Waals surface area contributed by atoms with Crippen LogP contribution < -0.4 is 9.47 Å². The highest BCUT2D eigenvalue weighted by Crippen LogP contribution is 2.33. The van der Waals surface area contributed by atoms with Crippen LogP contribution >= 0.6 is 0 Å². The molecule has 1 amide bonds. The molecule has 1 aliphatic carbocycles. The summed E-state index contributed by atoms with van der Waals surface area (Å²) in [5, 5.41) is 0. The van der Waals surface area contributed by atoms with E-state index in [0.29, 0.717) is 29.6 Å². The second kappa shape index (κ2) is 9.81. The number of nitrogens with zero attached hydrogens (tertiary/aromatic N) is 1. The van der Waals surface area contributed by atoms with Crippen molar-refractivity contribution in [2.24, 2.45) is 5.92 Å². The van der Waals surface area contributed by atoms with Crippen LogP contribution in [0.2, 0.25) is 0 Å². The average molecular weight is 402 g/mol. The SMILES string of the molecule is COC(=O)[C@H](CC1CCCCC1)N1CC(Oc2ccccc2OC(C)C)=CC1=O. The fourth-order valence-electron chi connectivity index (χ4n) is 4.09. The van der Waals surface area contributed by atoms with Crippen LogP contribution in [0.25, 0.3) is 0 Å². The molecule has 158 valence electrons. The summed E-state index contributed by atoms with van der Waals surface area (Å²) in [6.07, 6.45) is 7.94. The van der Waals surface area contributed by atoms with Crippen LogP contribution in [-0.2, 0) is 14.3 Å². The van der Waals surface area contributed by atoms with Gasteiger partial charge < -0.3 is 19.1 Å². The quantitative estimate of drug-likeness (QED) is 0.614. The highest BCUT2D eigenvalue weighted by atomic mass is 16.5. The van der Waals surface area contributed by atoms with Crippen molar-refractivity contribution >= 4 is 11.9 Å². The molecule has 2 aliphatic rings. The zero-order valence-corrected chi connectivity index (χ0v) is 17.6. The Morgan fingerprint density at radius 1 is 1.14 bits per heavy atom. The predicted molar refractivity (Wildman–Crippen MR) is 110 cm³/mol. The van der Waals surface area contributed by atoms with Gasteiger partial charge in [0.1, 0.15) is 11.8 Å². The van der Waals surface area contributed by atoms with Gasteiger partial charge in [0, 0.05) is 6.08 Å². The molecule has 0 saturated heterocycles. The number of methoxy groups -OCH3 is 1. The van der Waals surface area contributed by atoms with Crippen LogP contribution in [0.15, 0.2) is 36.1 Å². The number of benzene rings is 1. The number of ether oxygens (including phenoxy) is 3. The second-order valence-corrected chi connectivity index (χ2v) is 8.07. The Bertz CT molecular complexity index is 751. The third-order valence-electron chi connectivity index (χ3n) is 5.48. The normalized spacial score (nSPS) is 18.6. The first-order valence-corrected chi connectivity index (χ1v) is 10.5. The van der Waals surface area contributed by atoms with Crippen LogP contribution in [0.5, 0.6) is 11.5 Å². The number of carbonyl (C=O) groups is 2. The van der Waals surface area contributed by atoms with Gasteiger partial charge in [-0.25, -0.2) is 4.79 Å². The Hall–Kier alpha value is -2.50. The molecule has 1 atom stereocenters. The van der Waals surface area contributed by atoms with Gasteiger partial charge in [-0.15, -0.1) is 0 Å². The summed E-state index contributed by atoms with van der Waals surface area (Å²) in [7, 11) is 1.38. The van der Waals surface area contributed by atoms with Gasteiger partial charge in [-0.05, 0) is 38.3 Å². The molecule has 1 aliphatic heterocycles. The molecule has 1 heterocycles. The molecule has 1 saturated carbocycles. The van der Waals surface area contributed by atoms with Gasteiger partial charge >= 0.3 is 5.97 Å². The summed E-state index contributed by atoms with van der Waals surface area (Å²) in [4.78, 5) is 26.7. The van der Waals surface area contributed by atoms with E-state index in [9.17, 15) is 9.59 Å². The Balaban J connectivity index is 1.70. The maximum Gasteiger partial charge on any atom is 0.328 e. The summed E-state index contributed by atoms with van der Waals surface area (Å²) in [5.74, 6) is 1.57. The molecule has 3 rings (SSSR count). The number of para-hydroxylation sites is 2. The fraction of sp³-hybridized carbons (Fsp3) is 0.565. The third-order valence-corrected chi connectivity index (χ3v) is 5.48. The molecule has 0 N–H and O–H groups in total. The Morgan fingerprint density at radius 3 is 2.48 bits per heavy atom. The molecule has 1 aromatic carbocycles. The summed E-state index contributed by atoms with van der Waals surface area (Å²) >= 11 is 0. The predicted octanol–water partition coefficient (Wildman–Crippen LogP) is 4.09. The summed E-state index contributed by atoms with van der Waals surface area (Å²) in [5.41, 5.74) is 0. The highest BCUT2D eigenvalue weighted by molar-refractivity contribution is 5.94. The van der Waals surface area contributed by atoms with Crippen molar-refractivity contribution in [2.45, 2.75) is 64.5 Å². The van der Waals surface area contributed by atoms with Crippen molar-refractivity contribution in [3.63, 3.8) is 0 Å². The zero-order chi connectivity index (χ0) is 20.8. The lowest BCUT2D eigenvalue weighted by Crippen LogP contribution is -2.44. The lowest BCUT2D eigenvalue weighted by atomic mass is 9.84. The molecule has 29 heavy (non-hydrogen) atoms. The van der Waals surface area contributed by atoms with Crippen LogP contribution in [0.4, 0.5) is 0 Å². The zero-order valence-electron chi connectivity index (χ0n) is 17.6. The number of hydrogen-bond acceptors (Lipinski definition) is 5. The van der Waals surface area contributed by atoms with Gasteiger partial charge in [0.05, 0.1) is 19.8 Å². The molecule has 0 aromatic heterocycles. The minimum atomic E-state index is -0.574. The lowest BCUT2D eigenvalue weighted by molar-refractivity contribution is -0.151. The average Bonchev–Trinajstić information content (AvgIpc) is 3.07. The Morgan fingerprint density at radius 2 is 1.83 bits per heavy atom. The Labute approximate surface area is 172 Å². The summed E-state index contributed by atoms with van der Waals surface area (Å²) in [6.45, 7) is 4.15. The van der Waals surface area contributed by atoms with E-state index in [-0.39, 0.29) is 24.5 Å². The number of amides is 1. The van der Waals surface area contributed by atoms with Gasteiger partial charge in [-0.3, -0.25) is 4.79 Å². The number of carbonyl (C=O) groups excluding carboxylic acids is 2. The van der Waals surface area contributed by atoms with E-state index >= 15 is 0 Å². The molecule has 0 bridgehead atoms. The topological polar surface area (TPSA) is 65.1 Å². The standard InChI is InChI=1S/C23H31NO5/c1-16(2)28-20-11-7-8-12-21(20)29-18-14-22(25)24(15-18)19(23(26)27-3)13-17-9-5-4-6-10-17/h7-8,11-12,14,16-17,19H,4-6,9-10,13,15H2,1-3H3/t19-/m0/s1. The van der Waals surface area contributed by atoms with Crippen molar-refractivity contribution in [3.05, 3.63) is 36.1 Å². The van der Waals surface area contributed by atoms with Crippen LogP contribution in [0.3, 0.4) is 0 Å². The molecule has 0 radical (unpaired) electrons. The van der Waals surface area contributed by atoms with Crippen molar-refractivity contribution in [2.75, 3.05) is 13.7 Å².